The Kier molecular flexibility index (Phi) is 3.19. The fraction of sp³-hybridized carbons (Fsp3) is 0.692. The molecule has 108 valence electrons. The molecule has 1 fully saturated rings. The van der Waals surface area contributed by atoms with E-state index in [2.05, 4.69) is 51.4 Å². The van der Waals surface area contributed by atoms with E-state index in [0.29, 0.717) is 18.5 Å². The molecule has 1 saturated carbocycles. The van der Waals surface area contributed by atoms with Gasteiger partial charge in [-0.05, 0) is 12.8 Å². The molecule has 7 nitrogen and oxygen atoms in total. The molecule has 1 aliphatic rings. The highest BCUT2D eigenvalue weighted by Crippen LogP contribution is 2.34. The lowest BCUT2D eigenvalue weighted by atomic mass is 9.85. The number of hydrogen-bond donors (Lipinski definition) is 2. The Bertz CT molecular complexity index is 578. The summed E-state index contributed by atoms with van der Waals surface area (Å²) in [5, 5.41) is 14.2. The van der Waals surface area contributed by atoms with Crippen molar-refractivity contribution < 1.29 is 4.52 Å². The van der Waals surface area contributed by atoms with Crippen LogP contribution in [-0.4, -0.2) is 25.3 Å². The fourth-order valence-electron chi connectivity index (χ4n) is 2.01. The number of anilines is 1. The number of H-pyrrole nitrogens is 1. The fourth-order valence-corrected chi connectivity index (χ4v) is 2.01. The van der Waals surface area contributed by atoms with E-state index in [1.165, 1.54) is 6.42 Å². The Morgan fingerprint density at radius 3 is 2.70 bits per heavy atom. The van der Waals surface area contributed by atoms with Gasteiger partial charge in [0.25, 0.3) is 0 Å². The van der Waals surface area contributed by atoms with Gasteiger partial charge in [-0.15, -0.1) is 0 Å². The molecule has 20 heavy (non-hydrogen) atoms. The number of nitrogens with one attached hydrogen (secondary N) is 2. The number of nitrogens with zero attached hydrogens (tertiary/aromatic N) is 4. The summed E-state index contributed by atoms with van der Waals surface area (Å²) in [6, 6.07) is 0.445. The smallest absolute Gasteiger partial charge is 0.321 e. The first-order chi connectivity index (χ1) is 9.52. The average molecular weight is 276 g/mol. The molecule has 0 aliphatic heterocycles. The van der Waals surface area contributed by atoms with Crippen molar-refractivity contribution in [1.82, 2.24) is 25.3 Å². The summed E-state index contributed by atoms with van der Waals surface area (Å²) in [6.45, 7) is 6.73. The van der Waals surface area contributed by atoms with Crippen molar-refractivity contribution in [3.63, 3.8) is 0 Å². The van der Waals surface area contributed by atoms with Gasteiger partial charge in [-0.3, -0.25) is 5.10 Å². The Morgan fingerprint density at radius 2 is 2.10 bits per heavy atom. The van der Waals surface area contributed by atoms with Gasteiger partial charge in [-0.25, -0.2) is 4.98 Å². The molecule has 7 heteroatoms. The van der Waals surface area contributed by atoms with Crippen LogP contribution in [0.4, 0.5) is 6.01 Å². The van der Waals surface area contributed by atoms with Gasteiger partial charge in [0, 0.05) is 11.3 Å². The molecule has 2 heterocycles. The highest BCUT2D eigenvalue weighted by molar-refractivity contribution is 5.20. The molecule has 2 aromatic heterocycles. The minimum atomic E-state index is -0.0589. The maximum Gasteiger partial charge on any atom is 0.321 e. The topological polar surface area (TPSA) is 92.5 Å². The van der Waals surface area contributed by atoms with Crippen LogP contribution >= 0.6 is 0 Å². The largest absolute Gasteiger partial charge is 0.330 e. The first-order valence-electron chi connectivity index (χ1n) is 7.01. The molecule has 0 unspecified atom stereocenters. The van der Waals surface area contributed by atoms with Crippen molar-refractivity contribution in [1.29, 1.82) is 0 Å². The van der Waals surface area contributed by atoms with Crippen molar-refractivity contribution in [3.05, 3.63) is 17.5 Å². The second-order valence-electron chi connectivity index (χ2n) is 6.29. The number of aromatic amines is 1. The van der Waals surface area contributed by atoms with E-state index in [1.807, 2.05) is 0 Å². The maximum absolute atomic E-state index is 5.18. The highest BCUT2D eigenvalue weighted by Gasteiger charge is 2.24. The monoisotopic (exact) mass is 276 g/mol. The van der Waals surface area contributed by atoms with Gasteiger partial charge in [-0.2, -0.15) is 10.1 Å². The number of aromatic nitrogens is 5. The zero-order chi connectivity index (χ0) is 14.2. The van der Waals surface area contributed by atoms with E-state index in [-0.39, 0.29) is 5.41 Å². The molecule has 3 rings (SSSR count). The molecule has 2 N–H and O–H groups in total. The molecule has 1 aliphatic carbocycles. The predicted molar refractivity (Wildman–Crippen MR) is 73.3 cm³/mol. The van der Waals surface area contributed by atoms with Crippen molar-refractivity contribution >= 4 is 6.01 Å². The van der Waals surface area contributed by atoms with Gasteiger partial charge in [0.1, 0.15) is 5.82 Å². The second-order valence-corrected chi connectivity index (χ2v) is 6.29. The van der Waals surface area contributed by atoms with E-state index in [1.54, 1.807) is 0 Å². The van der Waals surface area contributed by atoms with E-state index >= 15 is 0 Å². The van der Waals surface area contributed by atoms with Crippen molar-refractivity contribution in [2.45, 2.75) is 57.9 Å². The molecule has 2 aromatic rings. The third-order valence-corrected chi connectivity index (χ3v) is 3.52. The lowest BCUT2D eigenvalue weighted by molar-refractivity contribution is 0.366. The predicted octanol–water partition coefficient (Wildman–Crippen LogP) is 2.36. The van der Waals surface area contributed by atoms with Crippen molar-refractivity contribution in [2.75, 3.05) is 5.32 Å². The zero-order valence-corrected chi connectivity index (χ0v) is 12.1. The van der Waals surface area contributed by atoms with E-state index in [9.17, 15) is 0 Å². The summed E-state index contributed by atoms with van der Waals surface area (Å²) in [5.41, 5.74) is -0.0589. The van der Waals surface area contributed by atoms with Gasteiger partial charge in [0.05, 0.1) is 6.54 Å². The first-order valence-corrected chi connectivity index (χ1v) is 7.01. The average Bonchev–Trinajstić information content (AvgIpc) is 2.91. The summed E-state index contributed by atoms with van der Waals surface area (Å²) >= 11 is 0. The quantitative estimate of drug-likeness (QED) is 0.890. The van der Waals surface area contributed by atoms with Gasteiger partial charge in [0.2, 0.25) is 0 Å². The van der Waals surface area contributed by atoms with Gasteiger partial charge >= 0.3 is 6.01 Å². The standard InChI is InChI=1S/C13H20N6O/c1-13(2,3)11-15-9(17-18-11)7-14-12-16-10(19-20-12)8-5-4-6-8/h8H,4-7H2,1-3H3,(H,14,16,19)(H,15,17,18). The minimum absolute atomic E-state index is 0.0589. The second kappa shape index (κ2) is 4.88. The van der Waals surface area contributed by atoms with E-state index < -0.39 is 0 Å². The molecule has 0 saturated heterocycles. The third-order valence-electron chi connectivity index (χ3n) is 3.52. The van der Waals surface area contributed by atoms with Crippen LogP contribution in [0.1, 0.15) is 63.4 Å². The Labute approximate surface area is 117 Å². The van der Waals surface area contributed by atoms with Crippen LogP contribution < -0.4 is 5.32 Å². The molecular weight excluding hydrogens is 256 g/mol. The highest BCUT2D eigenvalue weighted by atomic mass is 16.5. The Hall–Kier alpha value is -1.92. The lowest BCUT2D eigenvalue weighted by Gasteiger charge is -2.20. The van der Waals surface area contributed by atoms with Crippen molar-refractivity contribution in [3.8, 4) is 0 Å². The summed E-state index contributed by atoms with van der Waals surface area (Å²) in [7, 11) is 0. The Balaban J connectivity index is 1.58. The summed E-state index contributed by atoms with van der Waals surface area (Å²) in [4.78, 5) is 8.80. The van der Waals surface area contributed by atoms with Crippen LogP contribution in [0.5, 0.6) is 0 Å². The molecule has 0 radical (unpaired) electrons. The van der Waals surface area contributed by atoms with E-state index in [4.69, 9.17) is 4.52 Å². The van der Waals surface area contributed by atoms with Gasteiger partial charge < -0.3 is 9.84 Å². The lowest BCUT2D eigenvalue weighted by Crippen LogP contribution is -2.13. The molecule has 0 spiro atoms. The zero-order valence-electron chi connectivity index (χ0n) is 12.1. The molecule has 0 atom stereocenters. The molecule has 0 aromatic carbocycles. The number of hydrogen-bond acceptors (Lipinski definition) is 6. The van der Waals surface area contributed by atoms with Crippen LogP contribution in [0.15, 0.2) is 4.52 Å². The maximum atomic E-state index is 5.18. The van der Waals surface area contributed by atoms with Crippen LogP contribution in [0.25, 0.3) is 0 Å². The molecule has 0 amide bonds. The normalized spacial score (nSPS) is 16.1. The van der Waals surface area contributed by atoms with Gasteiger partial charge in [0.15, 0.2) is 11.6 Å². The van der Waals surface area contributed by atoms with Crippen LogP contribution in [0.3, 0.4) is 0 Å². The SMILES string of the molecule is CC(C)(C)c1n[nH]c(CNc2nc(C3CCC3)no2)n1. The minimum Gasteiger partial charge on any atom is -0.330 e. The first kappa shape index (κ1) is 13.1. The molecule has 0 bridgehead atoms. The van der Waals surface area contributed by atoms with Crippen LogP contribution in [0, 0.1) is 0 Å². The van der Waals surface area contributed by atoms with E-state index in [0.717, 1.165) is 30.3 Å². The summed E-state index contributed by atoms with van der Waals surface area (Å²) in [6.07, 6.45) is 3.58. The van der Waals surface area contributed by atoms with Crippen molar-refractivity contribution in [2.24, 2.45) is 0 Å². The summed E-state index contributed by atoms with van der Waals surface area (Å²) < 4.78 is 5.18. The third kappa shape index (κ3) is 2.66. The number of rotatable bonds is 4. The summed E-state index contributed by atoms with van der Waals surface area (Å²) in [5.74, 6) is 2.85. The van der Waals surface area contributed by atoms with Crippen LogP contribution in [-0.2, 0) is 12.0 Å². The molecular formula is C13H20N6O. The van der Waals surface area contributed by atoms with Crippen LogP contribution in [0.2, 0.25) is 0 Å². The van der Waals surface area contributed by atoms with Gasteiger partial charge in [-0.1, -0.05) is 32.3 Å². The Morgan fingerprint density at radius 1 is 1.30 bits per heavy atom.